The van der Waals surface area contributed by atoms with Crippen LogP contribution in [0.1, 0.15) is 58.8 Å². The van der Waals surface area contributed by atoms with Gasteiger partial charge in [-0.05, 0) is 73.9 Å². The van der Waals surface area contributed by atoms with Crippen LogP contribution in [0.5, 0.6) is 0 Å². The Morgan fingerprint density at radius 2 is 1.64 bits per heavy atom. The predicted molar refractivity (Wildman–Crippen MR) is 144 cm³/mol. The Morgan fingerprint density at radius 3 is 2.25 bits per heavy atom. The first-order valence-electron chi connectivity index (χ1n) is 11.9. The second-order valence-electron chi connectivity index (χ2n) is 8.39. The van der Waals surface area contributed by atoms with Gasteiger partial charge in [-0.2, -0.15) is 5.10 Å². The van der Waals surface area contributed by atoms with E-state index in [1.54, 1.807) is 29.8 Å². The van der Waals surface area contributed by atoms with Crippen molar-refractivity contribution in [1.82, 2.24) is 15.1 Å². The summed E-state index contributed by atoms with van der Waals surface area (Å²) in [6.45, 7) is 6.09. The minimum Gasteiger partial charge on any atom is -0.461 e. The summed E-state index contributed by atoms with van der Waals surface area (Å²) in [7, 11) is 0. The third kappa shape index (κ3) is 5.74. The molecule has 3 aromatic carbocycles. The monoisotopic (exact) mass is 545 g/mol. The van der Waals surface area contributed by atoms with Crippen LogP contribution in [0.25, 0.3) is 16.9 Å². The zero-order valence-electron chi connectivity index (χ0n) is 20.5. The van der Waals surface area contributed by atoms with E-state index in [2.05, 4.69) is 45.4 Å². The molecular formula is C29H28BrN3O3. The zero-order chi connectivity index (χ0) is 25.7. The fourth-order valence-electron chi connectivity index (χ4n) is 3.87. The number of carbonyl (C=O) groups is 2. The van der Waals surface area contributed by atoms with Gasteiger partial charge in [0, 0.05) is 15.6 Å². The van der Waals surface area contributed by atoms with Crippen LogP contribution in [0, 0.1) is 0 Å². The summed E-state index contributed by atoms with van der Waals surface area (Å²) >= 11 is 3.43. The lowest BCUT2D eigenvalue weighted by atomic mass is 10.1. The third-order valence-electron chi connectivity index (χ3n) is 5.94. The molecule has 0 saturated heterocycles. The van der Waals surface area contributed by atoms with Crippen molar-refractivity contribution < 1.29 is 14.3 Å². The molecule has 0 saturated carbocycles. The van der Waals surface area contributed by atoms with E-state index in [-0.39, 0.29) is 24.2 Å². The summed E-state index contributed by atoms with van der Waals surface area (Å²) in [6.07, 6.45) is 0.942. The summed E-state index contributed by atoms with van der Waals surface area (Å²) in [5.74, 6) is -0.638. The van der Waals surface area contributed by atoms with Crippen LogP contribution < -0.4 is 5.32 Å². The van der Waals surface area contributed by atoms with Crippen molar-refractivity contribution in [2.45, 2.75) is 33.2 Å². The maximum Gasteiger partial charge on any atom is 0.358 e. The first-order chi connectivity index (χ1) is 17.4. The van der Waals surface area contributed by atoms with Crippen molar-refractivity contribution in [3.8, 4) is 16.9 Å². The van der Waals surface area contributed by atoms with Gasteiger partial charge in [-0.3, -0.25) is 4.79 Å². The van der Waals surface area contributed by atoms with E-state index in [4.69, 9.17) is 4.74 Å². The molecule has 7 heteroatoms. The maximum atomic E-state index is 12.9. The van der Waals surface area contributed by atoms with Crippen LogP contribution >= 0.6 is 15.9 Å². The quantitative estimate of drug-likeness (QED) is 0.255. The first kappa shape index (κ1) is 25.4. The number of nitrogens with one attached hydrogen (secondary N) is 1. The highest BCUT2D eigenvalue weighted by Crippen LogP contribution is 2.26. The zero-order valence-corrected chi connectivity index (χ0v) is 22.1. The largest absolute Gasteiger partial charge is 0.461 e. The number of carbonyl (C=O) groups excluding carboxylic acids is 2. The van der Waals surface area contributed by atoms with E-state index < -0.39 is 5.97 Å². The second kappa shape index (κ2) is 11.4. The Labute approximate surface area is 219 Å². The van der Waals surface area contributed by atoms with Gasteiger partial charge in [-0.15, -0.1) is 0 Å². The standard InChI is InChI=1S/C29H28BrN3O3/c1-4-20-6-8-22(9-7-20)27-18-26(29(35)36-5-2)32-33(27)25-16-12-23(13-17-25)28(34)31-19(3)21-10-14-24(30)15-11-21/h6-19H,4-5H2,1-3H3,(H,31,34)/t19-/m1/s1. The van der Waals surface area contributed by atoms with Gasteiger partial charge in [0.05, 0.1) is 24.0 Å². The summed E-state index contributed by atoms with van der Waals surface area (Å²) in [5, 5.41) is 7.56. The van der Waals surface area contributed by atoms with Gasteiger partial charge in [0.15, 0.2) is 5.69 Å². The molecule has 0 fully saturated rings. The molecule has 0 aliphatic carbocycles. The number of benzene rings is 3. The molecule has 1 aromatic heterocycles. The van der Waals surface area contributed by atoms with Crippen LogP contribution in [0.15, 0.2) is 83.3 Å². The molecule has 6 nitrogen and oxygen atoms in total. The Balaban J connectivity index is 1.60. The molecule has 1 atom stereocenters. The van der Waals surface area contributed by atoms with Crippen molar-refractivity contribution >= 4 is 27.8 Å². The highest BCUT2D eigenvalue weighted by molar-refractivity contribution is 9.10. The lowest BCUT2D eigenvalue weighted by Gasteiger charge is -2.15. The van der Waals surface area contributed by atoms with Crippen LogP contribution in [-0.4, -0.2) is 28.3 Å². The number of hydrogen-bond acceptors (Lipinski definition) is 4. The van der Waals surface area contributed by atoms with E-state index >= 15 is 0 Å². The topological polar surface area (TPSA) is 73.2 Å². The maximum absolute atomic E-state index is 12.9. The Kier molecular flexibility index (Phi) is 8.00. The van der Waals surface area contributed by atoms with Gasteiger partial charge in [-0.25, -0.2) is 9.48 Å². The summed E-state index contributed by atoms with van der Waals surface area (Å²) in [5.41, 5.74) is 5.44. The highest BCUT2D eigenvalue weighted by Gasteiger charge is 2.18. The number of esters is 1. The molecule has 1 amide bonds. The van der Waals surface area contributed by atoms with E-state index in [1.165, 1.54) is 5.56 Å². The average molecular weight is 546 g/mol. The number of halogens is 1. The van der Waals surface area contributed by atoms with Crippen molar-refractivity contribution in [3.63, 3.8) is 0 Å². The summed E-state index contributed by atoms with van der Waals surface area (Å²) in [6, 6.07) is 24.8. The molecule has 4 rings (SSSR count). The van der Waals surface area contributed by atoms with Gasteiger partial charge < -0.3 is 10.1 Å². The fraction of sp³-hybridized carbons (Fsp3) is 0.207. The fourth-order valence-corrected chi connectivity index (χ4v) is 4.13. The number of ether oxygens (including phenoxy) is 1. The van der Waals surface area contributed by atoms with Crippen LogP contribution in [0.3, 0.4) is 0 Å². The Morgan fingerprint density at radius 1 is 0.972 bits per heavy atom. The summed E-state index contributed by atoms with van der Waals surface area (Å²) in [4.78, 5) is 25.3. The molecule has 4 aromatic rings. The molecule has 0 aliphatic rings. The van der Waals surface area contributed by atoms with Crippen LogP contribution in [0.2, 0.25) is 0 Å². The Bertz CT molecular complexity index is 1340. The third-order valence-corrected chi connectivity index (χ3v) is 6.47. The molecule has 36 heavy (non-hydrogen) atoms. The van der Waals surface area contributed by atoms with Crippen LogP contribution in [0.4, 0.5) is 0 Å². The van der Waals surface area contributed by atoms with Crippen molar-refractivity contribution in [3.05, 3.63) is 106 Å². The lowest BCUT2D eigenvalue weighted by Crippen LogP contribution is -2.26. The first-order valence-corrected chi connectivity index (χ1v) is 12.7. The SMILES string of the molecule is CCOC(=O)c1cc(-c2ccc(CC)cc2)n(-c2ccc(C(=O)N[C@H](C)c3ccc(Br)cc3)cc2)n1. The van der Waals surface area contributed by atoms with Crippen molar-refractivity contribution in [2.24, 2.45) is 0 Å². The number of aryl methyl sites for hydroxylation is 1. The van der Waals surface area contributed by atoms with Gasteiger partial charge >= 0.3 is 5.97 Å². The Hall–Kier alpha value is -3.71. The molecule has 0 spiro atoms. The van der Waals surface area contributed by atoms with E-state index in [9.17, 15) is 9.59 Å². The average Bonchev–Trinajstić information content (AvgIpc) is 3.35. The molecule has 0 radical (unpaired) electrons. The molecule has 1 N–H and O–H groups in total. The molecule has 1 heterocycles. The van der Waals surface area contributed by atoms with Gasteiger partial charge in [0.1, 0.15) is 0 Å². The van der Waals surface area contributed by atoms with Gasteiger partial charge in [-0.1, -0.05) is 59.3 Å². The minimum absolute atomic E-state index is 0.138. The predicted octanol–water partition coefficient (Wildman–Crippen LogP) is 6.53. The molecule has 184 valence electrons. The van der Waals surface area contributed by atoms with Crippen molar-refractivity contribution in [2.75, 3.05) is 6.61 Å². The second-order valence-corrected chi connectivity index (χ2v) is 9.31. The number of aromatic nitrogens is 2. The smallest absolute Gasteiger partial charge is 0.358 e. The lowest BCUT2D eigenvalue weighted by molar-refractivity contribution is 0.0518. The van der Waals surface area contributed by atoms with E-state index in [1.807, 2.05) is 55.5 Å². The molecule has 0 aliphatic heterocycles. The molecule has 0 unspecified atom stereocenters. The number of amides is 1. The number of nitrogens with zero attached hydrogens (tertiary/aromatic N) is 2. The minimum atomic E-state index is -0.472. The van der Waals surface area contributed by atoms with Gasteiger partial charge in [0.2, 0.25) is 0 Å². The van der Waals surface area contributed by atoms with Gasteiger partial charge in [0.25, 0.3) is 5.91 Å². The van der Waals surface area contributed by atoms with Crippen LogP contribution in [-0.2, 0) is 11.2 Å². The van der Waals surface area contributed by atoms with Crippen molar-refractivity contribution in [1.29, 1.82) is 0 Å². The molecule has 0 bridgehead atoms. The normalized spacial score (nSPS) is 11.7. The van der Waals surface area contributed by atoms with E-state index in [0.717, 1.165) is 33.4 Å². The summed E-state index contributed by atoms with van der Waals surface area (Å²) < 4.78 is 7.86. The number of hydrogen-bond donors (Lipinski definition) is 1. The molecular weight excluding hydrogens is 518 g/mol. The number of rotatable bonds is 8. The highest BCUT2D eigenvalue weighted by atomic mass is 79.9. The van der Waals surface area contributed by atoms with E-state index in [0.29, 0.717) is 5.56 Å².